The van der Waals surface area contributed by atoms with Crippen LogP contribution in [0.4, 0.5) is 4.39 Å². The van der Waals surface area contributed by atoms with Gasteiger partial charge in [-0.05, 0) is 47.0 Å². The van der Waals surface area contributed by atoms with E-state index in [1.54, 1.807) is 25.1 Å². The van der Waals surface area contributed by atoms with E-state index in [1.807, 2.05) is 34.7 Å². The number of H-pyrrole nitrogens is 1. The van der Waals surface area contributed by atoms with Crippen molar-refractivity contribution in [2.45, 2.75) is 6.92 Å². The number of fused-ring (bicyclic) bond motifs is 1. The number of nitrogens with zero attached hydrogens (tertiary/aromatic N) is 1. The molecule has 0 saturated heterocycles. The molecule has 5 heteroatoms. The fourth-order valence-electron chi connectivity index (χ4n) is 2.17. The summed E-state index contributed by atoms with van der Waals surface area (Å²) in [4.78, 5) is 19.0. The minimum Gasteiger partial charge on any atom is -0.306 e. The molecule has 0 amide bonds. The highest BCUT2D eigenvalue weighted by Gasteiger charge is 2.11. The summed E-state index contributed by atoms with van der Waals surface area (Å²) in [5, 5.41) is 1.25. The molecule has 1 heterocycles. The van der Waals surface area contributed by atoms with E-state index in [1.165, 1.54) is 6.07 Å². The molecule has 20 heavy (non-hydrogen) atoms. The largest absolute Gasteiger partial charge is 0.306 e. The Morgan fingerprint density at radius 3 is 2.55 bits per heavy atom. The molecule has 0 aliphatic carbocycles. The standard InChI is InChI=1S/C15H10FIN2O/c1-8-13(17)15(20)19-14(18-8)11-6-7-12(16)10-5-3-2-4-9(10)11/h2-7H,1H3,(H,18,19,20). The van der Waals surface area contributed by atoms with Crippen molar-refractivity contribution in [3.63, 3.8) is 0 Å². The lowest BCUT2D eigenvalue weighted by Crippen LogP contribution is -2.14. The molecule has 0 spiro atoms. The molecule has 0 fully saturated rings. The number of hydrogen-bond donors (Lipinski definition) is 1. The van der Waals surface area contributed by atoms with Gasteiger partial charge in [-0.15, -0.1) is 0 Å². The molecule has 100 valence electrons. The highest BCUT2D eigenvalue weighted by Crippen LogP contribution is 2.28. The normalized spacial score (nSPS) is 10.9. The molecular formula is C15H10FIN2O. The van der Waals surface area contributed by atoms with Crippen molar-refractivity contribution in [2.24, 2.45) is 0 Å². The molecule has 3 aromatic rings. The van der Waals surface area contributed by atoms with E-state index in [4.69, 9.17) is 0 Å². The zero-order valence-electron chi connectivity index (χ0n) is 10.6. The summed E-state index contributed by atoms with van der Waals surface area (Å²) in [5.74, 6) is 0.179. The number of benzene rings is 2. The average Bonchev–Trinajstić information content (AvgIpc) is 2.45. The molecular weight excluding hydrogens is 370 g/mol. The lowest BCUT2D eigenvalue weighted by atomic mass is 10.0. The second-order valence-electron chi connectivity index (χ2n) is 4.45. The number of hydrogen-bond acceptors (Lipinski definition) is 2. The number of aromatic nitrogens is 2. The Morgan fingerprint density at radius 2 is 1.85 bits per heavy atom. The van der Waals surface area contributed by atoms with Crippen LogP contribution in [0.15, 0.2) is 41.2 Å². The van der Waals surface area contributed by atoms with Gasteiger partial charge in [0.05, 0.1) is 9.26 Å². The van der Waals surface area contributed by atoms with Crippen LogP contribution in [0.1, 0.15) is 5.69 Å². The third-order valence-corrected chi connectivity index (χ3v) is 4.42. The van der Waals surface area contributed by atoms with Gasteiger partial charge in [-0.1, -0.05) is 24.3 Å². The summed E-state index contributed by atoms with van der Waals surface area (Å²) in [6, 6.07) is 10.2. The molecule has 0 saturated carbocycles. The monoisotopic (exact) mass is 380 g/mol. The zero-order valence-corrected chi connectivity index (χ0v) is 12.7. The summed E-state index contributed by atoms with van der Waals surface area (Å²) in [5.41, 5.74) is 1.21. The SMILES string of the molecule is Cc1nc(-c2ccc(F)c3ccccc23)[nH]c(=O)c1I. The van der Waals surface area contributed by atoms with Crippen LogP contribution in [-0.4, -0.2) is 9.97 Å². The lowest BCUT2D eigenvalue weighted by molar-refractivity contribution is 0.640. The van der Waals surface area contributed by atoms with Crippen LogP contribution in [0, 0.1) is 16.3 Å². The van der Waals surface area contributed by atoms with E-state index in [2.05, 4.69) is 9.97 Å². The number of aromatic amines is 1. The van der Waals surface area contributed by atoms with Crippen LogP contribution in [0.3, 0.4) is 0 Å². The van der Waals surface area contributed by atoms with E-state index in [0.29, 0.717) is 20.5 Å². The van der Waals surface area contributed by atoms with Crippen molar-refractivity contribution in [1.29, 1.82) is 0 Å². The van der Waals surface area contributed by atoms with Crippen molar-refractivity contribution < 1.29 is 4.39 Å². The molecule has 1 N–H and O–H groups in total. The highest BCUT2D eigenvalue weighted by atomic mass is 127. The minimum absolute atomic E-state index is 0.179. The first-order valence-electron chi connectivity index (χ1n) is 6.02. The quantitative estimate of drug-likeness (QED) is 0.656. The molecule has 0 aliphatic rings. The van der Waals surface area contributed by atoms with Crippen molar-refractivity contribution in [2.75, 3.05) is 0 Å². The van der Waals surface area contributed by atoms with E-state index in [-0.39, 0.29) is 11.4 Å². The van der Waals surface area contributed by atoms with Gasteiger partial charge >= 0.3 is 0 Å². The van der Waals surface area contributed by atoms with Gasteiger partial charge < -0.3 is 4.98 Å². The van der Waals surface area contributed by atoms with Gasteiger partial charge in [-0.25, -0.2) is 9.37 Å². The molecule has 0 bridgehead atoms. The van der Waals surface area contributed by atoms with Gasteiger partial charge in [0, 0.05) is 10.9 Å². The summed E-state index contributed by atoms with van der Waals surface area (Å²) in [6.07, 6.45) is 0. The second-order valence-corrected chi connectivity index (χ2v) is 5.53. The van der Waals surface area contributed by atoms with Crippen LogP contribution in [0.5, 0.6) is 0 Å². The van der Waals surface area contributed by atoms with Crippen molar-refractivity contribution in [3.05, 3.63) is 61.8 Å². The maximum Gasteiger partial charge on any atom is 0.264 e. The van der Waals surface area contributed by atoms with Crippen molar-refractivity contribution >= 4 is 33.4 Å². The predicted molar refractivity (Wildman–Crippen MR) is 85.2 cm³/mol. The third kappa shape index (κ3) is 2.11. The minimum atomic E-state index is -0.283. The maximum absolute atomic E-state index is 13.8. The van der Waals surface area contributed by atoms with Crippen molar-refractivity contribution in [3.8, 4) is 11.4 Å². The van der Waals surface area contributed by atoms with Crippen LogP contribution >= 0.6 is 22.6 Å². The Balaban J connectivity index is 2.36. The molecule has 2 aromatic carbocycles. The summed E-state index contributed by atoms with van der Waals surface area (Å²) in [7, 11) is 0. The molecule has 0 radical (unpaired) electrons. The lowest BCUT2D eigenvalue weighted by Gasteiger charge is -2.08. The Hall–Kier alpha value is -1.76. The van der Waals surface area contributed by atoms with Gasteiger partial charge in [-0.3, -0.25) is 4.79 Å². The Morgan fingerprint density at radius 1 is 1.15 bits per heavy atom. The summed E-state index contributed by atoms with van der Waals surface area (Å²) >= 11 is 1.96. The molecule has 0 aliphatic heterocycles. The Kier molecular flexibility index (Phi) is 3.29. The summed E-state index contributed by atoms with van der Waals surface area (Å²) in [6.45, 7) is 1.78. The Labute approximate surface area is 128 Å². The van der Waals surface area contributed by atoms with E-state index >= 15 is 0 Å². The van der Waals surface area contributed by atoms with Gasteiger partial charge in [-0.2, -0.15) is 0 Å². The topological polar surface area (TPSA) is 45.8 Å². The average molecular weight is 380 g/mol. The molecule has 0 unspecified atom stereocenters. The zero-order chi connectivity index (χ0) is 14.3. The number of aryl methyl sites for hydroxylation is 1. The van der Waals surface area contributed by atoms with Gasteiger partial charge in [0.1, 0.15) is 11.6 Å². The first-order chi connectivity index (χ1) is 9.58. The fourth-order valence-corrected chi connectivity index (χ4v) is 2.42. The first-order valence-corrected chi connectivity index (χ1v) is 7.10. The van der Waals surface area contributed by atoms with Crippen LogP contribution in [0.25, 0.3) is 22.2 Å². The van der Waals surface area contributed by atoms with Gasteiger partial charge in [0.2, 0.25) is 0 Å². The van der Waals surface area contributed by atoms with E-state index < -0.39 is 0 Å². The van der Waals surface area contributed by atoms with Crippen LogP contribution < -0.4 is 5.56 Å². The third-order valence-electron chi connectivity index (χ3n) is 3.15. The van der Waals surface area contributed by atoms with Crippen LogP contribution in [0.2, 0.25) is 0 Å². The second kappa shape index (κ2) is 4.97. The predicted octanol–water partition coefficient (Wildman–Crippen LogP) is 3.64. The fraction of sp³-hybridized carbons (Fsp3) is 0.0667. The maximum atomic E-state index is 13.8. The molecule has 3 nitrogen and oxygen atoms in total. The number of rotatable bonds is 1. The van der Waals surface area contributed by atoms with E-state index in [9.17, 15) is 9.18 Å². The number of halogens is 2. The smallest absolute Gasteiger partial charge is 0.264 e. The van der Waals surface area contributed by atoms with Crippen LogP contribution in [-0.2, 0) is 0 Å². The number of nitrogens with one attached hydrogen (secondary N) is 1. The van der Waals surface area contributed by atoms with E-state index in [0.717, 1.165) is 10.9 Å². The summed E-state index contributed by atoms with van der Waals surface area (Å²) < 4.78 is 14.4. The van der Waals surface area contributed by atoms with Gasteiger partial charge in [0.25, 0.3) is 5.56 Å². The first kappa shape index (κ1) is 13.2. The molecule has 1 aromatic heterocycles. The van der Waals surface area contributed by atoms with Gasteiger partial charge in [0.15, 0.2) is 0 Å². The molecule has 0 atom stereocenters. The highest BCUT2D eigenvalue weighted by molar-refractivity contribution is 14.1. The Bertz CT molecular complexity index is 873. The van der Waals surface area contributed by atoms with Crippen molar-refractivity contribution in [1.82, 2.24) is 9.97 Å². The molecule has 3 rings (SSSR count).